The van der Waals surface area contributed by atoms with Gasteiger partial charge in [0.2, 0.25) is 0 Å². The van der Waals surface area contributed by atoms with Gasteiger partial charge in [-0.15, -0.1) is 0 Å². The third kappa shape index (κ3) is 0.770. The van der Waals surface area contributed by atoms with Crippen LogP contribution in [0.3, 0.4) is 0 Å². The highest BCUT2D eigenvalue weighted by Crippen LogP contribution is 2.79. The molecule has 2 fully saturated rings. The number of rotatable bonds is 0. The van der Waals surface area contributed by atoms with Gasteiger partial charge in [-0.25, -0.2) is 17.6 Å². The second-order valence-electron chi connectivity index (χ2n) is 4.06. The smallest absolute Gasteiger partial charge is 0.230 e. The molecule has 2 atom stereocenters. The van der Waals surface area contributed by atoms with E-state index in [0.717, 1.165) is 0 Å². The molecule has 0 radical (unpaired) electrons. The SMILES string of the molecule is FC1(F)CC2(F)C(F)(F)C(F)(F)C1(F)C2(F)F. The molecule has 2 rings (SSSR count). The van der Waals surface area contributed by atoms with Gasteiger partial charge in [-0.1, -0.05) is 0 Å². The Labute approximate surface area is 86.6 Å². The lowest BCUT2D eigenvalue weighted by molar-refractivity contribution is -0.335. The third-order valence-corrected chi connectivity index (χ3v) is 3.22. The first-order valence-corrected chi connectivity index (χ1v) is 4.10. The normalized spacial score (nSPS) is 48.4. The maximum Gasteiger partial charge on any atom is 0.359 e. The van der Waals surface area contributed by atoms with Gasteiger partial charge in [0.15, 0.2) is 0 Å². The summed E-state index contributed by atoms with van der Waals surface area (Å²) < 4.78 is 128. The number of fused-ring (bicyclic) bond motifs is 2. The van der Waals surface area contributed by atoms with Gasteiger partial charge in [0.1, 0.15) is 0 Å². The fourth-order valence-corrected chi connectivity index (χ4v) is 2.24. The zero-order chi connectivity index (χ0) is 13.7. The van der Waals surface area contributed by atoms with Crippen LogP contribution in [0.1, 0.15) is 6.42 Å². The Morgan fingerprint density at radius 2 is 0.941 bits per heavy atom. The van der Waals surface area contributed by atoms with Crippen LogP contribution in [-0.2, 0) is 0 Å². The Morgan fingerprint density at radius 1 is 0.529 bits per heavy atom. The maximum absolute atomic E-state index is 13.2. The Bertz CT molecular complexity index is 376. The molecule has 0 aromatic rings. The van der Waals surface area contributed by atoms with Crippen molar-refractivity contribution in [2.45, 2.75) is 41.4 Å². The first kappa shape index (κ1) is 12.7. The minimum Gasteiger partial charge on any atom is -0.230 e. The molecule has 0 saturated heterocycles. The molecule has 0 N–H and O–H groups in total. The summed E-state index contributed by atoms with van der Waals surface area (Å²) in [6.07, 6.45) is -2.99. The van der Waals surface area contributed by atoms with E-state index in [2.05, 4.69) is 0 Å². The number of halogens is 10. The molecule has 0 aromatic carbocycles. The molecule has 0 aromatic heterocycles. The van der Waals surface area contributed by atoms with Crippen molar-refractivity contribution in [2.75, 3.05) is 0 Å². The van der Waals surface area contributed by atoms with Crippen LogP contribution in [0.25, 0.3) is 0 Å². The molecule has 2 unspecified atom stereocenters. The van der Waals surface area contributed by atoms with Gasteiger partial charge < -0.3 is 0 Å². The Hall–Kier alpha value is -0.700. The van der Waals surface area contributed by atoms with Gasteiger partial charge >= 0.3 is 23.4 Å². The van der Waals surface area contributed by atoms with Crippen molar-refractivity contribution in [1.29, 1.82) is 0 Å². The number of hydrogen-bond acceptors (Lipinski definition) is 0. The summed E-state index contributed by atoms with van der Waals surface area (Å²) in [7, 11) is 0. The molecule has 2 aliphatic rings. The maximum atomic E-state index is 13.2. The monoisotopic (exact) mass is 276 g/mol. The summed E-state index contributed by atoms with van der Waals surface area (Å²) in [5, 5.41) is 0. The van der Waals surface area contributed by atoms with E-state index < -0.39 is 41.4 Å². The van der Waals surface area contributed by atoms with E-state index in [4.69, 9.17) is 0 Å². The predicted octanol–water partition coefficient (Wildman–Crippen LogP) is 3.36. The van der Waals surface area contributed by atoms with Crippen molar-refractivity contribution >= 4 is 0 Å². The molecular weight excluding hydrogens is 274 g/mol. The van der Waals surface area contributed by atoms with E-state index in [1.807, 2.05) is 0 Å². The average Bonchev–Trinajstić information content (AvgIpc) is 2.25. The lowest BCUT2D eigenvalue weighted by Crippen LogP contribution is -2.65. The summed E-state index contributed by atoms with van der Waals surface area (Å²) in [4.78, 5) is 0. The first-order valence-electron chi connectivity index (χ1n) is 4.10. The number of alkyl halides is 10. The summed E-state index contributed by atoms with van der Waals surface area (Å²) in [5.74, 6) is -24.5. The third-order valence-electron chi connectivity index (χ3n) is 3.22. The van der Waals surface area contributed by atoms with Crippen molar-refractivity contribution in [3.8, 4) is 0 Å². The molecule has 2 saturated carbocycles. The highest BCUT2D eigenvalue weighted by molar-refractivity contribution is 5.39. The van der Waals surface area contributed by atoms with E-state index in [9.17, 15) is 43.9 Å². The van der Waals surface area contributed by atoms with E-state index in [-0.39, 0.29) is 0 Å². The van der Waals surface area contributed by atoms with Gasteiger partial charge in [0.25, 0.3) is 11.6 Å². The second-order valence-corrected chi connectivity index (χ2v) is 4.06. The quantitative estimate of drug-likeness (QED) is 0.595. The Morgan fingerprint density at radius 3 is 1.18 bits per heavy atom. The minimum absolute atomic E-state index is 2.99. The van der Waals surface area contributed by atoms with Crippen molar-refractivity contribution in [3.05, 3.63) is 0 Å². The molecule has 2 bridgehead atoms. The average molecular weight is 276 g/mol. The molecular formula is C7H2F10. The summed E-state index contributed by atoms with van der Waals surface area (Å²) in [5.41, 5.74) is -11.8. The van der Waals surface area contributed by atoms with Crippen LogP contribution in [0.4, 0.5) is 43.9 Å². The second kappa shape index (κ2) is 2.37. The summed E-state index contributed by atoms with van der Waals surface area (Å²) in [6.45, 7) is 0. The zero-order valence-corrected chi connectivity index (χ0v) is 7.49. The fraction of sp³-hybridized carbons (Fsp3) is 1.00. The molecule has 100 valence electrons. The topological polar surface area (TPSA) is 0 Å². The standard InChI is InChI=1S/C7H2F10/c8-2-1-3(9,10)4(11,5(2,12)13)7(16,17)6(2,14)15/h1H2. The van der Waals surface area contributed by atoms with Gasteiger partial charge in [-0.2, -0.15) is 26.3 Å². The van der Waals surface area contributed by atoms with Crippen LogP contribution in [0.2, 0.25) is 0 Å². The van der Waals surface area contributed by atoms with Crippen LogP contribution in [0.5, 0.6) is 0 Å². The van der Waals surface area contributed by atoms with Gasteiger partial charge in [-0.05, 0) is 0 Å². The van der Waals surface area contributed by atoms with Crippen LogP contribution >= 0.6 is 0 Å². The van der Waals surface area contributed by atoms with E-state index in [0.29, 0.717) is 0 Å². The van der Waals surface area contributed by atoms with Crippen LogP contribution in [0.15, 0.2) is 0 Å². The van der Waals surface area contributed by atoms with Crippen LogP contribution in [0, 0.1) is 0 Å². The predicted molar refractivity (Wildman–Crippen MR) is 32.1 cm³/mol. The first-order chi connectivity index (χ1) is 7.21. The Kier molecular flexibility index (Phi) is 1.78. The van der Waals surface area contributed by atoms with Crippen molar-refractivity contribution in [3.63, 3.8) is 0 Å². The van der Waals surface area contributed by atoms with Gasteiger partial charge in [0.05, 0.1) is 6.42 Å². The largest absolute Gasteiger partial charge is 0.359 e. The van der Waals surface area contributed by atoms with Gasteiger partial charge in [-0.3, -0.25) is 0 Å². The Balaban J connectivity index is 2.83. The van der Waals surface area contributed by atoms with E-state index in [1.54, 1.807) is 0 Å². The number of hydrogen-bond donors (Lipinski definition) is 0. The molecule has 17 heavy (non-hydrogen) atoms. The molecule has 0 aliphatic heterocycles. The molecule has 2 aliphatic carbocycles. The van der Waals surface area contributed by atoms with Gasteiger partial charge in [0, 0.05) is 0 Å². The molecule has 10 heteroatoms. The highest BCUT2D eigenvalue weighted by atomic mass is 19.3. The lowest BCUT2D eigenvalue weighted by atomic mass is 9.86. The zero-order valence-electron chi connectivity index (χ0n) is 7.49. The summed E-state index contributed by atoms with van der Waals surface area (Å²) >= 11 is 0. The molecule has 0 spiro atoms. The molecule has 0 amide bonds. The molecule has 0 nitrogen and oxygen atoms in total. The van der Waals surface area contributed by atoms with Crippen molar-refractivity contribution < 1.29 is 43.9 Å². The van der Waals surface area contributed by atoms with Crippen LogP contribution < -0.4 is 0 Å². The van der Waals surface area contributed by atoms with E-state index in [1.165, 1.54) is 0 Å². The molecule has 0 heterocycles. The van der Waals surface area contributed by atoms with Crippen molar-refractivity contribution in [1.82, 2.24) is 0 Å². The highest BCUT2D eigenvalue weighted by Gasteiger charge is 3.09. The summed E-state index contributed by atoms with van der Waals surface area (Å²) in [6, 6.07) is 0. The minimum atomic E-state index is -6.50. The van der Waals surface area contributed by atoms with Crippen LogP contribution in [-0.4, -0.2) is 35.0 Å². The van der Waals surface area contributed by atoms with E-state index >= 15 is 0 Å². The van der Waals surface area contributed by atoms with Crippen molar-refractivity contribution in [2.24, 2.45) is 0 Å². The fourth-order valence-electron chi connectivity index (χ4n) is 2.24. The lowest BCUT2D eigenvalue weighted by Gasteiger charge is -2.37.